The molecule has 0 amide bonds. The Morgan fingerprint density at radius 1 is 1.32 bits per heavy atom. The maximum Gasteiger partial charge on any atom is 0.308 e. The molecule has 0 spiro atoms. The van der Waals surface area contributed by atoms with Crippen molar-refractivity contribution in [1.82, 2.24) is 0 Å². The average molecular weight is 344 g/mol. The summed E-state index contributed by atoms with van der Waals surface area (Å²) < 4.78 is 10.6. The SMILES string of the molecule is CCC[C@H]1O[C@@H](CC(=O)OC)CC2=C1C(=O)c1c(O)cccc1C2=O. The fraction of sp³-hybridized carbons (Fsp3) is 0.421. The summed E-state index contributed by atoms with van der Waals surface area (Å²) in [4.78, 5) is 37.4. The quantitative estimate of drug-likeness (QED) is 0.845. The number of hydrogen-bond donors (Lipinski definition) is 1. The Morgan fingerprint density at radius 2 is 2.08 bits per heavy atom. The van der Waals surface area contributed by atoms with Crippen LogP contribution in [0.15, 0.2) is 29.3 Å². The van der Waals surface area contributed by atoms with Crippen LogP contribution in [0.2, 0.25) is 0 Å². The first-order chi connectivity index (χ1) is 12.0. The lowest BCUT2D eigenvalue weighted by atomic mass is 9.77. The van der Waals surface area contributed by atoms with E-state index in [0.29, 0.717) is 17.6 Å². The predicted molar refractivity (Wildman–Crippen MR) is 88.6 cm³/mol. The first-order valence-electron chi connectivity index (χ1n) is 8.34. The number of Topliss-reactive ketones (excluding diaryl/α,β-unsaturated/α-hetero) is 2. The smallest absolute Gasteiger partial charge is 0.308 e. The molecule has 1 heterocycles. The number of phenols is 1. The second-order valence-corrected chi connectivity index (χ2v) is 6.27. The van der Waals surface area contributed by atoms with Gasteiger partial charge in [-0.05, 0) is 12.5 Å². The maximum atomic E-state index is 12.9. The van der Waals surface area contributed by atoms with Crippen LogP contribution in [0.4, 0.5) is 0 Å². The molecule has 132 valence electrons. The molecule has 6 nitrogen and oxygen atoms in total. The van der Waals surface area contributed by atoms with Crippen molar-refractivity contribution in [2.24, 2.45) is 0 Å². The van der Waals surface area contributed by atoms with Gasteiger partial charge in [0.1, 0.15) is 5.75 Å². The number of ketones is 2. The lowest BCUT2D eigenvalue weighted by molar-refractivity contribution is -0.145. The minimum atomic E-state index is -0.562. The average Bonchev–Trinajstić information content (AvgIpc) is 2.59. The third-order valence-electron chi connectivity index (χ3n) is 4.64. The molecule has 0 aromatic heterocycles. The molecule has 1 aromatic rings. The number of rotatable bonds is 4. The number of ether oxygens (including phenoxy) is 2. The summed E-state index contributed by atoms with van der Waals surface area (Å²) in [6.45, 7) is 1.95. The first-order valence-corrected chi connectivity index (χ1v) is 8.34. The van der Waals surface area contributed by atoms with E-state index >= 15 is 0 Å². The third-order valence-corrected chi connectivity index (χ3v) is 4.64. The number of fused-ring (bicyclic) bond motifs is 1. The molecule has 0 radical (unpaired) electrons. The van der Waals surface area contributed by atoms with E-state index in [1.165, 1.54) is 13.2 Å². The van der Waals surface area contributed by atoms with Crippen LogP contribution in [0, 0.1) is 0 Å². The van der Waals surface area contributed by atoms with Gasteiger partial charge in [-0.15, -0.1) is 0 Å². The molecule has 0 fully saturated rings. The van der Waals surface area contributed by atoms with Crippen LogP contribution in [0.3, 0.4) is 0 Å². The highest BCUT2D eigenvalue weighted by Gasteiger charge is 2.42. The van der Waals surface area contributed by atoms with E-state index in [2.05, 4.69) is 4.74 Å². The van der Waals surface area contributed by atoms with Gasteiger partial charge in [-0.3, -0.25) is 14.4 Å². The van der Waals surface area contributed by atoms with Gasteiger partial charge in [0.2, 0.25) is 0 Å². The molecule has 1 aromatic carbocycles. The molecule has 1 aliphatic heterocycles. The number of carbonyl (C=O) groups excluding carboxylic acids is 3. The number of methoxy groups -OCH3 is 1. The lowest BCUT2D eigenvalue weighted by Gasteiger charge is -2.35. The van der Waals surface area contributed by atoms with Crippen LogP contribution in [0.25, 0.3) is 0 Å². The molecular weight excluding hydrogens is 324 g/mol. The van der Waals surface area contributed by atoms with Gasteiger partial charge in [0.25, 0.3) is 0 Å². The van der Waals surface area contributed by atoms with E-state index in [9.17, 15) is 19.5 Å². The molecule has 25 heavy (non-hydrogen) atoms. The van der Waals surface area contributed by atoms with Crippen LogP contribution in [-0.4, -0.2) is 42.0 Å². The van der Waals surface area contributed by atoms with E-state index in [1.807, 2.05) is 6.92 Å². The van der Waals surface area contributed by atoms with Crippen molar-refractivity contribution in [2.45, 2.75) is 44.8 Å². The van der Waals surface area contributed by atoms with Crippen molar-refractivity contribution in [1.29, 1.82) is 0 Å². The van der Waals surface area contributed by atoms with E-state index in [1.54, 1.807) is 12.1 Å². The van der Waals surface area contributed by atoms with E-state index < -0.39 is 18.2 Å². The van der Waals surface area contributed by atoms with Crippen LogP contribution in [-0.2, 0) is 14.3 Å². The van der Waals surface area contributed by atoms with Gasteiger partial charge >= 0.3 is 5.97 Å². The normalized spacial score (nSPS) is 22.5. The molecule has 2 atom stereocenters. The maximum absolute atomic E-state index is 12.9. The Bertz CT molecular complexity index is 776. The van der Waals surface area contributed by atoms with Crippen molar-refractivity contribution in [3.63, 3.8) is 0 Å². The molecule has 0 saturated carbocycles. The minimum absolute atomic E-state index is 0.0296. The zero-order chi connectivity index (χ0) is 18.1. The molecule has 6 heteroatoms. The molecule has 3 rings (SSSR count). The van der Waals surface area contributed by atoms with Gasteiger partial charge in [0.05, 0.1) is 31.3 Å². The third kappa shape index (κ3) is 2.98. The van der Waals surface area contributed by atoms with E-state index in [0.717, 1.165) is 6.42 Å². The van der Waals surface area contributed by atoms with Crippen molar-refractivity contribution >= 4 is 17.5 Å². The highest BCUT2D eigenvalue weighted by atomic mass is 16.5. The Morgan fingerprint density at radius 3 is 2.76 bits per heavy atom. The fourth-order valence-corrected chi connectivity index (χ4v) is 3.51. The highest BCUT2D eigenvalue weighted by molar-refractivity contribution is 6.28. The summed E-state index contributed by atoms with van der Waals surface area (Å²) in [7, 11) is 1.30. The molecule has 0 unspecified atom stereocenters. The van der Waals surface area contributed by atoms with Gasteiger partial charge < -0.3 is 14.6 Å². The molecule has 2 aliphatic rings. The van der Waals surface area contributed by atoms with Crippen LogP contribution in [0.1, 0.15) is 53.3 Å². The minimum Gasteiger partial charge on any atom is -0.507 e. The van der Waals surface area contributed by atoms with Gasteiger partial charge in [-0.1, -0.05) is 25.5 Å². The Hall–Kier alpha value is -2.47. The molecule has 0 saturated heterocycles. The van der Waals surface area contributed by atoms with Crippen molar-refractivity contribution in [3.8, 4) is 5.75 Å². The van der Waals surface area contributed by atoms with E-state index in [4.69, 9.17) is 4.74 Å². The van der Waals surface area contributed by atoms with E-state index in [-0.39, 0.29) is 41.3 Å². The van der Waals surface area contributed by atoms with Crippen LogP contribution >= 0.6 is 0 Å². The number of aromatic hydroxyl groups is 1. The van der Waals surface area contributed by atoms with Gasteiger partial charge in [0, 0.05) is 23.1 Å². The first kappa shape index (κ1) is 17.4. The zero-order valence-electron chi connectivity index (χ0n) is 14.2. The Labute approximate surface area is 145 Å². The number of hydrogen-bond acceptors (Lipinski definition) is 6. The Balaban J connectivity index is 2.05. The number of phenolic OH excluding ortho intramolecular Hbond substituents is 1. The summed E-state index contributed by atoms with van der Waals surface area (Å²) in [6, 6.07) is 4.48. The van der Waals surface area contributed by atoms with Crippen molar-refractivity contribution in [2.75, 3.05) is 7.11 Å². The second kappa shape index (κ2) is 6.80. The molecule has 1 aliphatic carbocycles. The van der Waals surface area contributed by atoms with Crippen LogP contribution in [0.5, 0.6) is 5.75 Å². The number of esters is 1. The molecule has 1 N–H and O–H groups in total. The summed E-state index contributed by atoms with van der Waals surface area (Å²) in [5.74, 6) is -1.26. The fourth-order valence-electron chi connectivity index (χ4n) is 3.51. The highest BCUT2D eigenvalue weighted by Crippen LogP contribution is 2.40. The number of benzene rings is 1. The summed E-state index contributed by atoms with van der Waals surface area (Å²) in [5, 5.41) is 10.1. The topological polar surface area (TPSA) is 89.9 Å². The van der Waals surface area contributed by atoms with Gasteiger partial charge in [-0.2, -0.15) is 0 Å². The molecule has 0 bridgehead atoms. The monoisotopic (exact) mass is 344 g/mol. The standard InChI is InChI=1S/C19H20O6/c1-3-5-14-17-12(8-10(25-14)9-15(21)24-2)18(22)11-6-4-7-13(20)16(11)19(17)23/h4,6-7,10,14,20H,3,5,8-9H2,1-2H3/t10-,14-/m1/s1. The Kier molecular flexibility index (Phi) is 4.72. The molecular formula is C19H20O6. The van der Waals surface area contributed by atoms with Gasteiger partial charge in [-0.25, -0.2) is 0 Å². The zero-order valence-corrected chi connectivity index (χ0v) is 14.2. The van der Waals surface area contributed by atoms with Crippen molar-refractivity contribution < 1.29 is 29.0 Å². The second-order valence-electron chi connectivity index (χ2n) is 6.27. The lowest BCUT2D eigenvalue weighted by Crippen LogP contribution is -2.39. The summed E-state index contributed by atoms with van der Waals surface area (Å²) >= 11 is 0. The summed E-state index contributed by atoms with van der Waals surface area (Å²) in [6.07, 6.45) is 0.456. The van der Waals surface area contributed by atoms with Crippen molar-refractivity contribution in [3.05, 3.63) is 40.5 Å². The largest absolute Gasteiger partial charge is 0.507 e. The summed E-state index contributed by atoms with van der Waals surface area (Å²) in [5.41, 5.74) is 0.962. The number of carbonyl (C=O) groups is 3. The predicted octanol–water partition coefficient (Wildman–Crippen LogP) is 2.59. The van der Waals surface area contributed by atoms with Gasteiger partial charge in [0.15, 0.2) is 11.6 Å². The van der Waals surface area contributed by atoms with Crippen LogP contribution < -0.4 is 0 Å².